The van der Waals surface area contributed by atoms with Gasteiger partial charge in [-0.1, -0.05) is 64.3 Å². The molecular weight excluding hydrogens is 416 g/mol. The van der Waals surface area contributed by atoms with Crippen molar-refractivity contribution in [3.8, 4) is 0 Å². The summed E-state index contributed by atoms with van der Waals surface area (Å²) in [4.78, 5) is 11.8. The van der Waals surface area contributed by atoms with E-state index in [-0.39, 0.29) is 17.5 Å². The molecule has 3 saturated carbocycles. The third kappa shape index (κ3) is 3.85. The number of fused-ring (bicyclic) bond motifs is 5. The lowest BCUT2D eigenvalue weighted by Crippen LogP contribution is -2.63. The van der Waals surface area contributed by atoms with Crippen molar-refractivity contribution >= 4 is 5.97 Å². The van der Waals surface area contributed by atoms with Crippen LogP contribution in [0.4, 0.5) is 0 Å². The molecule has 0 spiro atoms. The second-order valence-electron chi connectivity index (χ2n) is 14.2. The summed E-state index contributed by atoms with van der Waals surface area (Å²) >= 11 is 0. The molecule has 192 valence electrons. The molecule has 0 N–H and O–H groups in total. The highest BCUT2D eigenvalue weighted by atomic mass is 16.5. The maximum atomic E-state index is 11.8. The van der Waals surface area contributed by atoms with Crippen molar-refractivity contribution in [3.63, 3.8) is 0 Å². The highest BCUT2D eigenvalue weighted by Crippen LogP contribution is 2.74. The van der Waals surface area contributed by atoms with E-state index in [9.17, 15) is 4.79 Å². The number of esters is 1. The number of hydrogen-bond acceptors (Lipinski definition) is 2. The largest absolute Gasteiger partial charge is 0.462 e. The van der Waals surface area contributed by atoms with Gasteiger partial charge in [-0.25, -0.2) is 0 Å². The summed E-state index contributed by atoms with van der Waals surface area (Å²) in [5.41, 5.74) is 6.29. The van der Waals surface area contributed by atoms with E-state index < -0.39 is 0 Å². The molecular formula is C32H52O2. The van der Waals surface area contributed by atoms with Gasteiger partial charge in [-0.15, -0.1) is 0 Å². The Bertz CT molecular complexity index is 873. The number of allylic oxidation sites excluding steroid dienone is 4. The van der Waals surface area contributed by atoms with E-state index in [4.69, 9.17) is 4.74 Å². The summed E-state index contributed by atoms with van der Waals surface area (Å²) in [6.45, 7) is 21.3. The second kappa shape index (κ2) is 8.81. The second-order valence-corrected chi connectivity index (χ2v) is 14.2. The van der Waals surface area contributed by atoms with E-state index in [0.29, 0.717) is 22.2 Å². The van der Waals surface area contributed by atoms with Crippen LogP contribution in [-0.4, -0.2) is 12.1 Å². The molecule has 7 unspecified atom stereocenters. The molecule has 0 aromatic rings. The molecule has 0 heterocycles. The molecule has 0 aliphatic heterocycles. The number of carbonyl (C=O) groups is 1. The van der Waals surface area contributed by atoms with Crippen LogP contribution in [0.1, 0.15) is 127 Å². The van der Waals surface area contributed by atoms with Crippen LogP contribution in [0, 0.1) is 39.4 Å². The Balaban J connectivity index is 1.62. The fraction of sp³-hybridized carbons (Fsp3) is 0.844. The standard InChI is InChI=1S/C32H52O2/c1-21(2)11-10-12-22(3)24-15-19-31(8)25(24)13-14-27-30(7)18-17-28(34-23(4)33)29(5,6)26(30)16-20-32(27,31)9/h11,22,26-28H,10,12-20H2,1-9H3. The average molecular weight is 469 g/mol. The van der Waals surface area contributed by atoms with Crippen LogP contribution in [0.25, 0.3) is 0 Å². The van der Waals surface area contributed by atoms with Gasteiger partial charge in [0.15, 0.2) is 0 Å². The monoisotopic (exact) mass is 468 g/mol. The van der Waals surface area contributed by atoms with Crippen LogP contribution >= 0.6 is 0 Å². The van der Waals surface area contributed by atoms with Gasteiger partial charge in [0.05, 0.1) is 0 Å². The number of ether oxygens (including phenoxy) is 1. The van der Waals surface area contributed by atoms with Crippen LogP contribution in [0.3, 0.4) is 0 Å². The van der Waals surface area contributed by atoms with Gasteiger partial charge >= 0.3 is 5.97 Å². The van der Waals surface area contributed by atoms with Crippen molar-refractivity contribution in [2.24, 2.45) is 39.4 Å². The lowest BCUT2D eigenvalue weighted by molar-refractivity contribution is -0.210. The fourth-order valence-electron chi connectivity index (χ4n) is 9.98. The predicted molar refractivity (Wildman–Crippen MR) is 142 cm³/mol. The molecule has 0 saturated heterocycles. The highest BCUT2D eigenvalue weighted by Gasteiger charge is 2.67. The minimum atomic E-state index is -0.112. The molecule has 0 amide bonds. The molecule has 2 nitrogen and oxygen atoms in total. The lowest BCUT2D eigenvalue weighted by atomic mass is 9.36. The van der Waals surface area contributed by atoms with E-state index in [2.05, 4.69) is 61.5 Å². The minimum Gasteiger partial charge on any atom is -0.462 e. The lowest BCUT2D eigenvalue weighted by Gasteiger charge is -2.69. The first kappa shape index (κ1) is 26.0. The quantitative estimate of drug-likeness (QED) is 0.297. The van der Waals surface area contributed by atoms with E-state index in [1.807, 2.05) is 11.1 Å². The topological polar surface area (TPSA) is 26.3 Å². The van der Waals surface area contributed by atoms with Crippen molar-refractivity contribution in [2.75, 3.05) is 0 Å². The van der Waals surface area contributed by atoms with E-state index in [1.165, 1.54) is 63.4 Å². The maximum absolute atomic E-state index is 11.8. The van der Waals surface area contributed by atoms with Crippen molar-refractivity contribution in [1.29, 1.82) is 0 Å². The molecule has 3 fully saturated rings. The first-order valence-corrected chi connectivity index (χ1v) is 14.3. The third-order valence-corrected chi connectivity index (χ3v) is 11.9. The summed E-state index contributed by atoms with van der Waals surface area (Å²) < 4.78 is 5.89. The summed E-state index contributed by atoms with van der Waals surface area (Å²) in [5, 5.41) is 0. The van der Waals surface area contributed by atoms with E-state index in [1.54, 1.807) is 6.92 Å². The average Bonchev–Trinajstić information content (AvgIpc) is 3.08. The van der Waals surface area contributed by atoms with Gasteiger partial charge in [0.2, 0.25) is 0 Å². The Kier molecular flexibility index (Phi) is 6.74. The molecule has 4 aliphatic rings. The summed E-state index contributed by atoms with van der Waals surface area (Å²) in [6.07, 6.45) is 15.2. The van der Waals surface area contributed by atoms with Gasteiger partial charge in [-0.3, -0.25) is 4.79 Å². The normalized spacial score (nSPS) is 41.7. The Labute approximate surface area is 210 Å². The molecule has 2 heteroatoms. The molecule has 34 heavy (non-hydrogen) atoms. The zero-order valence-electron chi connectivity index (χ0n) is 23.8. The van der Waals surface area contributed by atoms with Crippen LogP contribution in [-0.2, 0) is 9.53 Å². The van der Waals surface area contributed by atoms with Gasteiger partial charge in [0, 0.05) is 12.3 Å². The van der Waals surface area contributed by atoms with Gasteiger partial charge in [0.1, 0.15) is 6.10 Å². The molecule has 7 atom stereocenters. The fourth-order valence-corrected chi connectivity index (χ4v) is 9.98. The van der Waals surface area contributed by atoms with E-state index >= 15 is 0 Å². The van der Waals surface area contributed by atoms with Crippen molar-refractivity contribution in [1.82, 2.24) is 0 Å². The van der Waals surface area contributed by atoms with Crippen LogP contribution < -0.4 is 0 Å². The highest BCUT2D eigenvalue weighted by molar-refractivity contribution is 5.66. The molecule has 4 aliphatic carbocycles. The van der Waals surface area contributed by atoms with Gasteiger partial charge in [-0.05, 0) is 112 Å². The Morgan fingerprint density at radius 1 is 0.971 bits per heavy atom. The maximum Gasteiger partial charge on any atom is 0.302 e. The van der Waals surface area contributed by atoms with Crippen LogP contribution in [0.5, 0.6) is 0 Å². The number of carbonyl (C=O) groups excluding carboxylic acids is 1. The Hall–Kier alpha value is -1.05. The summed E-state index contributed by atoms with van der Waals surface area (Å²) in [7, 11) is 0. The summed E-state index contributed by atoms with van der Waals surface area (Å²) in [5.74, 6) is 2.01. The minimum absolute atomic E-state index is 0.0529. The molecule has 0 aromatic heterocycles. The SMILES string of the molecule is CC(=O)OC1CCC2(C)C(CCC3(C)C2CCC2=C(C(C)CCC=C(C)C)CCC23C)C1(C)C. The van der Waals surface area contributed by atoms with Gasteiger partial charge in [0.25, 0.3) is 0 Å². The first-order valence-electron chi connectivity index (χ1n) is 14.3. The Morgan fingerprint density at radius 2 is 1.68 bits per heavy atom. The van der Waals surface area contributed by atoms with Crippen molar-refractivity contribution in [3.05, 3.63) is 22.8 Å². The Morgan fingerprint density at radius 3 is 2.32 bits per heavy atom. The molecule has 0 bridgehead atoms. The predicted octanol–water partition coefficient (Wildman–Crippen LogP) is 9.05. The zero-order chi connectivity index (χ0) is 25.1. The first-order chi connectivity index (χ1) is 15.8. The van der Waals surface area contributed by atoms with Crippen LogP contribution in [0.2, 0.25) is 0 Å². The third-order valence-electron chi connectivity index (χ3n) is 11.9. The van der Waals surface area contributed by atoms with Crippen molar-refractivity contribution < 1.29 is 9.53 Å². The zero-order valence-corrected chi connectivity index (χ0v) is 23.8. The molecule has 4 rings (SSSR count). The molecule has 0 radical (unpaired) electrons. The van der Waals surface area contributed by atoms with Gasteiger partial charge < -0.3 is 4.74 Å². The van der Waals surface area contributed by atoms with Crippen LogP contribution in [0.15, 0.2) is 22.8 Å². The van der Waals surface area contributed by atoms with Crippen molar-refractivity contribution in [2.45, 2.75) is 133 Å². The number of rotatable bonds is 5. The number of hydrogen-bond donors (Lipinski definition) is 0. The summed E-state index contributed by atoms with van der Waals surface area (Å²) in [6, 6.07) is 0. The van der Waals surface area contributed by atoms with E-state index in [0.717, 1.165) is 18.3 Å². The smallest absolute Gasteiger partial charge is 0.302 e. The van der Waals surface area contributed by atoms with Gasteiger partial charge in [-0.2, -0.15) is 0 Å². The molecule has 0 aromatic carbocycles.